The number of carboxylic acids is 1. The molecule has 0 bridgehead atoms. The fourth-order valence-corrected chi connectivity index (χ4v) is 7.24. The zero-order valence-electron chi connectivity index (χ0n) is 25.4. The summed E-state index contributed by atoms with van der Waals surface area (Å²) in [4.78, 5) is 22.7. The zero-order chi connectivity index (χ0) is 32.2. The van der Waals surface area contributed by atoms with Gasteiger partial charge in [0.2, 0.25) is 0 Å². The van der Waals surface area contributed by atoms with Crippen LogP contribution in [0.5, 0.6) is 11.5 Å². The summed E-state index contributed by atoms with van der Waals surface area (Å²) in [6, 6.07) is 15.0. The minimum atomic E-state index is -1.10. The second-order valence-corrected chi connectivity index (χ2v) is 13.2. The molecule has 4 heterocycles. The fourth-order valence-electron chi connectivity index (χ4n) is 6.70. The molecule has 2 atom stereocenters. The summed E-state index contributed by atoms with van der Waals surface area (Å²) in [5, 5.41) is 15.7. The number of nitrogens with zero attached hydrogens (tertiary/aromatic N) is 4. The number of halogens is 2. The molecule has 2 unspecified atom stereocenters. The smallest absolute Gasteiger partial charge is 0.354 e. The molecule has 47 heavy (non-hydrogen) atoms. The molecule has 2 aromatic carbocycles. The number of aromatic nitrogens is 3. The van der Waals surface area contributed by atoms with Crippen molar-refractivity contribution in [3.8, 4) is 22.8 Å². The van der Waals surface area contributed by atoms with Gasteiger partial charge >= 0.3 is 5.97 Å². The van der Waals surface area contributed by atoms with Crippen molar-refractivity contribution >= 4 is 51.8 Å². The molecule has 3 aromatic heterocycles. The summed E-state index contributed by atoms with van der Waals surface area (Å²) in [5.74, 6) is 2.93. The topological polar surface area (TPSA) is 111 Å². The molecule has 1 N–H and O–H groups in total. The lowest BCUT2D eigenvalue weighted by molar-refractivity contribution is 0.0690. The van der Waals surface area contributed by atoms with E-state index < -0.39 is 5.97 Å². The first-order valence-corrected chi connectivity index (χ1v) is 16.3. The Morgan fingerprint density at radius 1 is 1.06 bits per heavy atom. The summed E-state index contributed by atoms with van der Waals surface area (Å²) in [6.45, 7) is 2.12. The van der Waals surface area contributed by atoms with Gasteiger partial charge in [0, 0.05) is 59.7 Å². The van der Waals surface area contributed by atoms with Gasteiger partial charge in [-0.3, -0.25) is 4.98 Å². The van der Waals surface area contributed by atoms with Crippen LogP contribution in [-0.2, 0) is 6.61 Å². The number of pyridine rings is 2. The zero-order valence-corrected chi connectivity index (χ0v) is 26.9. The number of ether oxygens (including phenoxy) is 2. The summed E-state index contributed by atoms with van der Waals surface area (Å²) >= 11 is 13.0. The number of carbonyl (C=O) groups is 1. The highest BCUT2D eigenvalue weighted by molar-refractivity contribution is 6.39. The molecule has 11 heteroatoms. The van der Waals surface area contributed by atoms with E-state index in [9.17, 15) is 9.90 Å². The Labute approximate surface area is 280 Å². The Morgan fingerprint density at radius 3 is 2.49 bits per heavy atom. The number of allylic oxidation sites excluding steroid dienone is 1. The van der Waals surface area contributed by atoms with Crippen LogP contribution in [-0.4, -0.2) is 46.4 Å². The van der Waals surface area contributed by atoms with Gasteiger partial charge in [-0.25, -0.2) is 9.78 Å². The van der Waals surface area contributed by atoms with Gasteiger partial charge in [0.05, 0.1) is 22.7 Å². The number of carboxylic acid groups (broad SMARTS) is 1. The molecule has 3 aliphatic rings. The molecule has 238 valence electrons. The Bertz CT molecular complexity index is 2010. The molecule has 9 nitrogen and oxygen atoms in total. The van der Waals surface area contributed by atoms with Crippen molar-refractivity contribution in [2.45, 2.75) is 25.4 Å². The predicted octanol–water partition coefficient (Wildman–Crippen LogP) is 8.15. The van der Waals surface area contributed by atoms with E-state index in [1.54, 1.807) is 19.5 Å². The highest BCUT2D eigenvalue weighted by Gasteiger charge is 2.54. The highest BCUT2D eigenvalue weighted by Crippen LogP contribution is 2.54. The van der Waals surface area contributed by atoms with Crippen molar-refractivity contribution in [2.24, 2.45) is 17.8 Å². The van der Waals surface area contributed by atoms with E-state index >= 15 is 0 Å². The second-order valence-electron chi connectivity index (χ2n) is 12.4. The van der Waals surface area contributed by atoms with E-state index in [0.29, 0.717) is 56.2 Å². The first kappa shape index (κ1) is 29.8. The normalized spacial score (nSPS) is 20.1. The van der Waals surface area contributed by atoms with Crippen LogP contribution in [0.3, 0.4) is 0 Å². The third kappa shape index (κ3) is 5.68. The number of piperidine rings is 1. The van der Waals surface area contributed by atoms with Gasteiger partial charge in [-0.2, -0.15) is 0 Å². The maximum absolute atomic E-state index is 11.8. The molecule has 0 spiro atoms. The number of rotatable bonds is 10. The van der Waals surface area contributed by atoms with Crippen LogP contribution in [0, 0.1) is 17.8 Å². The lowest BCUT2D eigenvalue weighted by atomic mass is 10.0. The van der Waals surface area contributed by atoms with Crippen LogP contribution in [0.4, 0.5) is 5.69 Å². The number of methoxy groups -OCH3 is 1. The average molecular weight is 670 g/mol. The molecular weight excluding hydrogens is 639 g/mol. The molecule has 0 amide bonds. The lowest BCUT2D eigenvalue weighted by Crippen LogP contribution is -2.23. The molecule has 5 aromatic rings. The van der Waals surface area contributed by atoms with E-state index in [1.807, 2.05) is 36.4 Å². The summed E-state index contributed by atoms with van der Waals surface area (Å²) < 4.78 is 17.3. The van der Waals surface area contributed by atoms with Gasteiger partial charge < -0.3 is 24.0 Å². The Hall–Kier alpha value is -4.60. The standard InChI is InChI=1S/C36H30Cl2N4O5/c1-45-22-7-2-19(3-8-22)18-46-32-13-31(36(43)44)40-30-11-6-21(12-25(30)32)42-16-26-23(27(26)17-42)9-10-24-34(41-47-35(24)20-4-5-20)33-28(37)14-39-15-29(33)38/h2-3,6-15,20,23,26-27H,4-5,16-18H2,1H3,(H,43,44)/b10-9+. The molecule has 2 saturated carbocycles. The van der Waals surface area contributed by atoms with Crippen molar-refractivity contribution in [1.82, 2.24) is 15.1 Å². The lowest BCUT2D eigenvalue weighted by Gasteiger charge is -2.22. The molecular formula is C36H30Cl2N4O5. The number of aromatic carboxylic acids is 1. The minimum Gasteiger partial charge on any atom is -0.497 e. The Morgan fingerprint density at radius 2 is 1.81 bits per heavy atom. The number of hydrogen-bond donors (Lipinski definition) is 1. The number of anilines is 1. The monoisotopic (exact) mass is 668 g/mol. The van der Waals surface area contributed by atoms with Crippen molar-refractivity contribution in [1.29, 1.82) is 0 Å². The maximum Gasteiger partial charge on any atom is 0.354 e. The Balaban J connectivity index is 1.00. The van der Waals surface area contributed by atoms with Crippen molar-refractivity contribution < 1.29 is 23.9 Å². The van der Waals surface area contributed by atoms with E-state index in [-0.39, 0.29) is 12.3 Å². The molecule has 8 rings (SSSR count). The number of benzene rings is 2. The first-order valence-electron chi connectivity index (χ1n) is 15.5. The molecule has 1 saturated heterocycles. The van der Waals surface area contributed by atoms with Crippen molar-refractivity contribution in [3.63, 3.8) is 0 Å². The minimum absolute atomic E-state index is 0.0543. The highest BCUT2D eigenvalue weighted by atomic mass is 35.5. The molecule has 2 aliphatic carbocycles. The quantitative estimate of drug-likeness (QED) is 0.158. The third-order valence-electron chi connectivity index (χ3n) is 9.43. The first-order chi connectivity index (χ1) is 22.9. The van der Waals surface area contributed by atoms with E-state index in [1.165, 1.54) is 6.07 Å². The third-order valence-corrected chi connectivity index (χ3v) is 10.0. The maximum atomic E-state index is 11.8. The van der Waals surface area contributed by atoms with E-state index in [2.05, 4.69) is 38.2 Å². The van der Waals surface area contributed by atoms with Crippen LogP contribution < -0.4 is 14.4 Å². The van der Waals surface area contributed by atoms with Gasteiger partial charge in [-0.15, -0.1) is 0 Å². The van der Waals surface area contributed by atoms with Crippen LogP contribution in [0.1, 0.15) is 46.1 Å². The number of fused-ring (bicyclic) bond motifs is 2. The van der Waals surface area contributed by atoms with Crippen molar-refractivity contribution in [2.75, 3.05) is 25.1 Å². The SMILES string of the molecule is COc1ccc(COc2cc(C(=O)O)nc3ccc(N4CC5C(/C=C/c6c(-c7c(Cl)cncc7Cl)noc6C6CC6)C5C4)cc23)cc1. The average Bonchev–Trinajstić information content (AvgIpc) is 3.94. The van der Waals surface area contributed by atoms with Crippen LogP contribution in [0.15, 0.2) is 71.5 Å². The fraction of sp³-hybridized carbons (Fsp3) is 0.278. The molecule has 3 fully saturated rings. The van der Waals surface area contributed by atoms with E-state index in [4.69, 9.17) is 37.2 Å². The van der Waals surface area contributed by atoms with Gasteiger partial charge in [-0.05, 0) is 66.5 Å². The largest absolute Gasteiger partial charge is 0.497 e. The summed E-state index contributed by atoms with van der Waals surface area (Å²) in [7, 11) is 1.62. The van der Waals surface area contributed by atoms with Crippen LogP contribution in [0.25, 0.3) is 28.2 Å². The van der Waals surface area contributed by atoms with Gasteiger partial charge in [0.25, 0.3) is 0 Å². The second kappa shape index (κ2) is 11.9. The molecule has 1 aliphatic heterocycles. The summed E-state index contributed by atoms with van der Waals surface area (Å²) in [6.07, 6.45) is 9.76. The predicted molar refractivity (Wildman–Crippen MR) is 179 cm³/mol. The number of hydrogen-bond acceptors (Lipinski definition) is 8. The van der Waals surface area contributed by atoms with E-state index in [0.717, 1.165) is 59.6 Å². The Kier molecular flexibility index (Phi) is 7.53. The molecule has 0 radical (unpaired) electrons. The van der Waals surface area contributed by atoms with Gasteiger partial charge in [0.1, 0.15) is 29.6 Å². The van der Waals surface area contributed by atoms with Gasteiger partial charge in [-0.1, -0.05) is 52.6 Å². The van der Waals surface area contributed by atoms with Gasteiger partial charge in [0.15, 0.2) is 5.69 Å². The van der Waals surface area contributed by atoms with Crippen LogP contribution in [0.2, 0.25) is 10.0 Å². The summed E-state index contributed by atoms with van der Waals surface area (Å²) in [5.41, 5.74) is 4.79. The van der Waals surface area contributed by atoms with Crippen molar-refractivity contribution in [3.05, 3.63) is 99.6 Å². The van der Waals surface area contributed by atoms with Crippen LogP contribution >= 0.6 is 23.2 Å².